The first-order valence-corrected chi connectivity index (χ1v) is 10.8. The number of aromatic nitrogens is 2. The molecule has 4 nitrogen and oxygen atoms in total. The highest BCUT2D eigenvalue weighted by atomic mass is 35.5. The molecule has 0 unspecified atom stereocenters. The highest BCUT2D eigenvalue weighted by Gasteiger charge is 2.31. The predicted octanol–water partition coefficient (Wildman–Crippen LogP) is 6.89. The van der Waals surface area contributed by atoms with Gasteiger partial charge in [-0.1, -0.05) is 53.5 Å². The molecule has 0 saturated carbocycles. The molecule has 1 N–H and O–H groups in total. The molecule has 0 spiro atoms. The van der Waals surface area contributed by atoms with Crippen LogP contribution in [0.5, 0.6) is 5.75 Å². The zero-order chi connectivity index (χ0) is 20.7. The first-order valence-electron chi connectivity index (χ1n) is 10.0. The zero-order valence-corrected chi connectivity index (χ0v) is 18.0. The van der Waals surface area contributed by atoms with Crippen LogP contribution in [0.15, 0.2) is 66.7 Å². The Kier molecular flexibility index (Phi) is 5.05. The van der Waals surface area contributed by atoms with Gasteiger partial charge in [-0.05, 0) is 60.9 Å². The van der Waals surface area contributed by atoms with E-state index in [1.807, 2.05) is 49.4 Å². The third kappa shape index (κ3) is 3.40. The van der Waals surface area contributed by atoms with E-state index in [2.05, 4.69) is 34.1 Å². The van der Waals surface area contributed by atoms with Crippen molar-refractivity contribution in [2.24, 2.45) is 0 Å². The van der Waals surface area contributed by atoms with Crippen molar-refractivity contribution < 1.29 is 4.74 Å². The summed E-state index contributed by atoms with van der Waals surface area (Å²) in [7, 11) is 0. The van der Waals surface area contributed by atoms with Crippen molar-refractivity contribution in [2.45, 2.75) is 25.4 Å². The minimum atomic E-state index is 0.0700. The summed E-state index contributed by atoms with van der Waals surface area (Å²) in [5.74, 6) is 1.74. The van der Waals surface area contributed by atoms with Crippen LogP contribution in [-0.2, 0) is 0 Å². The standard InChI is InChI=1S/C24H21Cl2N3O/c1-2-30-17-10-7-15(8-11-17)23-14-21(16-9-12-18(25)19(26)13-16)28-24-27-20-5-3-4-6-22(20)29(23)24/h3-13,21,23H,2,14H2,1H3,(H,27,28)/t21-,23+/m0/s1. The van der Waals surface area contributed by atoms with Crippen molar-refractivity contribution in [1.82, 2.24) is 9.55 Å². The monoisotopic (exact) mass is 437 g/mol. The molecule has 2 atom stereocenters. The van der Waals surface area contributed by atoms with Crippen LogP contribution in [0.4, 0.5) is 5.95 Å². The lowest BCUT2D eigenvalue weighted by Gasteiger charge is -2.33. The van der Waals surface area contributed by atoms with Crippen LogP contribution in [0.2, 0.25) is 10.0 Å². The number of imidazole rings is 1. The summed E-state index contributed by atoms with van der Waals surface area (Å²) in [6.45, 7) is 2.65. The van der Waals surface area contributed by atoms with Gasteiger partial charge in [0.15, 0.2) is 0 Å². The maximum absolute atomic E-state index is 6.30. The molecule has 5 rings (SSSR count). The van der Waals surface area contributed by atoms with E-state index < -0.39 is 0 Å². The zero-order valence-electron chi connectivity index (χ0n) is 16.5. The normalized spacial score (nSPS) is 18.1. The van der Waals surface area contributed by atoms with Crippen molar-refractivity contribution in [3.63, 3.8) is 0 Å². The number of rotatable bonds is 4. The molecule has 2 heterocycles. The Morgan fingerprint density at radius 1 is 1.00 bits per heavy atom. The van der Waals surface area contributed by atoms with Crippen LogP contribution >= 0.6 is 23.2 Å². The molecule has 30 heavy (non-hydrogen) atoms. The number of para-hydroxylation sites is 2. The van der Waals surface area contributed by atoms with Crippen molar-refractivity contribution in [1.29, 1.82) is 0 Å². The molecule has 152 valence electrons. The number of anilines is 1. The average Bonchev–Trinajstić information content (AvgIpc) is 3.14. The lowest BCUT2D eigenvalue weighted by molar-refractivity contribution is 0.340. The quantitative estimate of drug-likeness (QED) is 0.377. The Labute approximate surface area is 185 Å². The molecule has 6 heteroatoms. The van der Waals surface area contributed by atoms with Gasteiger partial charge in [-0.25, -0.2) is 4.98 Å². The summed E-state index contributed by atoms with van der Waals surface area (Å²) >= 11 is 12.4. The maximum Gasteiger partial charge on any atom is 0.204 e. The van der Waals surface area contributed by atoms with Gasteiger partial charge in [-0.2, -0.15) is 0 Å². The number of nitrogens with one attached hydrogen (secondary N) is 1. The van der Waals surface area contributed by atoms with Crippen LogP contribution < -0.4 is 10.1 Å². The van der Waals surface area contributed by atoms with E-state index in [1.54, 1.807) is 0 Å². The van der Waals surface area contributed by atoms with Gasteiger partial charge in [-0.15, -0.1) is 0 Å². The second kappa shape index (κ2) is 7.86. The van der Waals surface area contributed by atoms with Crippen LogP contribution in [0.1, 0.15) is 36.6 Å². The molecule has 0 bridgehead atoms. The molecule has 4 aromatic rings. The van der Waals surface area contributed by atoms with E-state index >= 15 is 0 Å². The van der Waals surface area contributed by atoms with E-state index in [4.69, 9.17) is 32.9 Å². The number of hydrogen-bond donors (Lipinski definition) is 1. The molecular weight excluding hydrogens is 417 g/mol. The Morgan fingerprint density at radius 2 is 1.77 bits per heavy atom. The molecular formula is C24H21Cl2N3O. The van der Waals surface area contributed by atoms with Gasteiger partial charge in [-0.3, -0.25) is 0 Å². The molecule has 1 aliphatic heterocycles. The van der Waals surface area contributed by atoms with E-state index in [1.165, 1.54) is 5.56 Å². The molecule has 1 aliphatic rings. The molecule has 1 aromatic heterocycles. The number of hydrogen-bond acceptors (Lipinski definition) is 3. The van der Waals surface area contributed by atoms with Gasteiger partial charge in [0.1, 0.15) is 5.75 Å². The third-order valence-electron chi connectivity index (χ3n) is 5.59. The fraction of sp³-hybridized carbons (Fsp3) is 0.208. The molecule has 0 saturated heterocycles. The maximum atomic E-state index is 6.30. The average molecular weight is 438 g/mol. The lowest BCUT2D eigenvalue weighted by atomic mass is 9.93. The number of ether oxygens (including phenoxy) is 1. The Bertz CT molecular complexity index is 1200. The highest BCUT2D eigenvalue weighted by Crippen LogP contribution is 2.42. The van der Waals surface area contributed by atoms with Gasteiger partial charge < -0.3 is 14.6 Å². The smallest absolute Gasteiger partial charge is 0.204 e. The van der Waals surface area contributed by atoms with Crippen LogP contribution in [0.3, 0.4) is 0 Å². The first kappa shape index (κ1) is 19.3. The van der Waals surface area contributed by atoms with Gasteiger partial charge >= 0.3 is 0 Å². The topological polar surface area (TPSA) is 39.1 Å². The minimum Gasteiger partial charge on any atom is -0.494 e. The highest BCUT2D eigenvalue weighted by molar-refractivity contribution is 6.42. The van der Waals surface area contributed by atoms with Gasteiger partial charge in [0.2, 0.25) is 5.95 Å². The van der Waals surface area contributed by atoms with E-state index in [-0.39, 0.29) is 12.1 Å². The van der Waals surface area contributed by atoms with E-state index in [9.17, 15) is 0 Å². The van der Waals surface area contributed by atoms with E-state index in [0.29, 0.717) is 16.7 Å². The van der Waals surface area contributed by atoms with Crippen molar-refractivity contribution >= 4 is 40.2 Å². The minimum absolute atomic E-state index is 0.0700. The number of benzene rings is 3. The van der Waals surface area contributed by atoms with Gasteiger partial charge in [0, 0.05) is 0 Å². The second-order valence-corrected chi connectivity index (χ2v) is 8.23. The summed E-state index contributed by atoms with van der Waals surface area (Å²) in [5.41, 5.74) is 4.41. The van der Waals surface area contributed by atoms with Gasteiger partial charge in [0.25, 0.3) is 0 Å². The van der Waals surface area contributed by atoms with Crippen molar-refractivity contribution in [3.8, 4) is 5.75 Å². The van der Waals surface area contributed by atoms with Crippen molar-refractivity contribution in [2.75, 3.05) is 11.9 Å². The predicted molar refractivity (Wildman–Crippen MR) is 123 cm³/mol. The lowest BCUT2D eigenvalue weighted by Crippen LogP contribution is -2.27. The van der Waals surface area contributed by atoms with Crippen LogP contribution in [-0.4, -0.2) is 16.2 Å². The molecule has 0 amide bonds. The number of fused-ring (bicyclic) bond motifs is 3. The molecule has 0 radical (unpaired) electrons. The third-order valence-corrected chi connectivity index (χ3v) is 6.33. The van der Waals surface area contributed by atoms with E-state index in [0.717, 1.165) is 34.7 Å². The van der Waals surface area contributed by atoms with Crippen LogP contribution in [0.25, 0.3) is 11.0 Å². The second-order valence-electron chi connectivity index (χ2n) is 7.42. The SMILES string of the molecule is CCOc1ccc([C@H]2C[C@@H](c3ccc(Cl)c(Cl)c3)Nc3nc4ccccc4n32)cc1. The molecule has 0 aliphatic carbocycles. The summed E-state index contributed by atoms with van der Waals surface area (Å²) in [5, 5.41) is 4.73. The Balaban J connectivity index is 1.61. The van der Waals surface area contributed by atoms with Gasteiger partial charge in [0.05, 0.1) is 39.8 Å². The Hall–Kier alpha value is -2.69. The fourth-order valence-corrected chi connectivity index (χ4v) is 4.50. The van der Waals surface area contributed by atoms with Crippen molar-refractivity contribution in [3.05, 3.63) is 87.9 Å². The summed E-state index contributed by atoms with van der Waals surface area (Å²) in [6, 6.07) is 22.6. The van der Waals surface area contributed by atoms with Crippen LogP contribution in [0, 0.1) is 0 Å². The molecule has 3 aromatic carbocycles. The summed E-state index contributed by atoms with van der Waals surface area (Å²) < 4.78 is 7.92. The first-order chi connectivity index (χ1) is 14.6. The Morgan fingerprint density at radius 3 is 2.53 bits per heavy atom. The fourth-order valence-electron chi connectivity index (χ4n) is 4.19. The number of nitrogens with zero attached hydrogens (tertiary/aromatic N) is 2. The molecule has 0 fully saturated rings. The number of halogens is 2. The summed E-state index contributed by atoms with van der Waals surface area (Å²) in [4.78, 5) is 4.86. The largest absolute Gasteiger partial charge is 0.494 e. The summed E-state index contributed by atoms with van der Waals surface area (Å²) in [6.07, 6.45) is 0.860.